The van der Waals surface area contributed by atoms with E-state index >= 15 is 0 Å². The number of fused-ring (bicyclic) bond motifs is 1. The Hall–Kier alpha value is -1.39. The molecule has 2 nitrogen and oxygen atoms in total. The SMILES string of the molecule is Nc1cccc2c1CN(Cc1cc(F)ccc1Br)C2. The van der Waals surface area contributed by atoms with Gasteiger partial charge in [-0.2, -0.15) is 0 Å². The Balaban J connectivity index is 1.81. The third-order valence-corrected chi connectivity index (χ3v) is 4.26. The van der Waals surface area contributed by atoms with E-state index in [4.69, 9.17) is 5.73 Å². The predicted molar refractivity (Wildman–Crippen MR) is 77.9 cm³/mol. The summed E-state index contributed by atoms with van der Waals surface area (Å²) >= 11 is 3.47. The fourth-order valence-electron chi connectivity index (χ4n) is 2.53. The van der Waals surface area contributed by atoms with Gasteiger partial charge in [-0.3, -0.25) is 4.90 Å². The summed E-state index contributed by atoms with van der Waals surface area (Å²) in [4.78, 5) is 2.26. The van der Waals surface area contributed by atoms with Crippen LogP contribution in [0.25, 0.3) is 0 Å². The van der Waals surface area contributed by atoms with Gasteiger partial charge in [0.1, 0.15) is 5.82 Å². The van der Waals surface area contributed by atoms with Crippen LogP contribution in [0.1, 0.15) is 16.7 Å². The van der Waals surface area contributed by atoms with E-state index in [2.05, 4.69) is 26.9 Å². The average Bonchev–Trinajstić information content (AvgIpc) is 2.78. The van der Waals surface area contributed by atoms with Gasteiger partial charge in [0.15, 0.2) is 0 Å². The van der Waals surface area contributed by atoms with Crippen molar-refractivity contribution in [1.29, 1.82) is 0 Å². The van der Waals surface area contributed by atoms with Gasteiger partial charge in [-0.15, -0.1) is 0 Å². The number of hydrogen-bond acceptors (Lipinski definition) is 2. The molecule has 1 aliphatic rings. The predicted octanol–water partition coefficient (Wildman–Crippen LogP) is 3.69. The molecule has 0 saturated carbocycles. The first kappa shape index (κ1) is 12.6. The van der Waals surface area contributed by atoms with Crippen molar-refractivity contribution in [3.05, 3.63) is 63.4 Å². The number of nitrogens with two attached hydrogens (primary N) is 1. The summed E-state index contributed by atoms with van der Waals surface area (Å²) in [5.74, 6) is -0.200. The molecule has 1 heterocycles. The Morgan fingerprint density at radius 3 is 2.84 bits per heavy atom. The molecule has 0 saturated heterocycles. The van der Waals surface area contributed by atoms with E-state index in [-0.39, 0.29) is 5.82 Å². The molecule has 0 bridgehead atoms. The fraction of sp³-hybridized carbons (Fsp3) is 0.200. The molecule has 2 N–H and O–H groups in total. The molecule has 0 fully saturated rings. The Bertz CT molecular complexity index is 628. The van der Waals surface area contributed by atoms with Gasteiger partial charge in [0, 0.05) is 29.8 Å². The third-order valence-electron chi connectivity index (χ3n) is 3.49. The second-order valence-electron chi connectivity index (χ2n) is 4.87. The van der Waals surface area contributed by atoms with Gasteiger partial charge in [-0.25, -0.2) is 4.39 Å². The van der Waals surface area contributed by atoms with Crippen LogP contribution in [0.3, 0.4) is 0 Å². The van der Waals surface area contributed by atoms with Gasteiger partial charge < -0.3 is 5.73 Å². The van der Waals surface area contributed by atoms with Crippen molar-refractivity contribution in [2.75, 3.05) is 5.73 Å². The highest BCUT2D eigenvalue weighted by molar-refractivity contribution is 9.10. The molecule has 19 heavy (non-hydrogen) atoms. The number of nitrogens with zero attached hydrogens (tertiary/aromatic N) is 1. The van der Waals surface area contributed by atoms with Gasteiger partial charge >= 0.3 is 0 Å². The largest absolute Gasteiger partial charge is 0.398 e. The molecular formula is C15H14BrFN2. The average molecular weight is 321 g/mol. The number of rotatable bonds is 2. The summed E-state index contributed by atoms with van der Waals surface area (Å²) in [7, 11) is 0. The maximum atomic E-state index is 13.3. The molecule has 0 amide bonds. The van der Waals surface area contributed by atoms with E-state index < -0.39 is 0 Å². The Kier molecular flexibility index (Phi) is 3.29. The van der Waals surface area contributed by atoms with E-state index in [0.29, 0.717) is 6.54 Å². The van der Waals surface area contributed by atoms with Crippen molar-refractivity contribution >= 4 is 21.6 Å². The molecule has 2 aromatic rings. The lowest BCUT2D eigenvalue weighted by Crippen LogP contribution is -2.16. The lowest BCUT2D eigenvalue weighted by molar-refractivity contribution is 0.275. The van der Waals surface area contributed by atoms with Gasteiger partial charge in [-0.1, -0.05) is 28.1 Å². The lowest BCUT2D eigenvalue weighted by Gasteiger charge is -2.16. The first-order valence-corrected chi connectivity index (χ1v) is 6.95. The molecule has 0 atom stereocenters. The smallest absolute Gasteiger partial charge is 0.123 e. The molecule has 2 aromatic carbocycles. The standard InChI is InChI=1S/C15H14BrFN2/c16-14-5-4-12(17)6-11(14)8-19-7-10-2-1-3-15(18)13(10)9-19/h1-6H,7-9,18H2. The second kappa shape index (κ2) is 4.94. The topological polar surface area (TPSA) is 29.3 Å². The lowest BCUT2D eigenvalue weighted by atomic mass is 10.1. The van der Waals surface area contributed by atoms with Crippen LogP contribution in [0.2, 0.25) is 0 Å². The molecule has 4 heteroatoms. The summed E-state index contributed by atoms with van der Waals surface area (Å²) in [6.45, 7) is 2.40. The number of nitrogen functional groups attached to an aromatic ring is 1. The van der Waals surface area contributed by atoms with Crippen molar-refractivity contribution in [3.8, 4) is 0 Å². The molecule has 0 radical (unpaired) electrons. The first-order chi connectivity index (χ1) is 9.13. The summed E-state index contributed by atoms with van der Waals surface area (Å²) in [6.07, 6.45) is 0. The number of anilines is 1. The fourth-order valence-corrected chi connectivity index (χ4v) is 2.91. The minimum atomic E-state index is -0.200. The molecule has 98 valence electrons. The molecule has 0 aromatic heterocycles. The quantitative estimate of drug-likeness (QED) is 0.855. The Morgan fingerprint density at radius 2 is 2.05 bits per heavy atom. The maximum absolute atomic E-state index is 13.3. The molecule has 0 spiro atoms. The minimum absolute atomic E-state index is 0.200. The normalized spacial score (nSPS) is 14.6. The first-order valence-electron chi connectivity index (χ1n) is 6.16. The summed E-state index contributed by atoms with van der Waals surface area (Å²) in [5.41, 5.74) is 10.3. The van der Waals surface area contributed by atoms with Crippen molar-refractivity contribution in [2.24, 2.45) is 0 Å². The van der Waals surface area contributed by atoms with Crippen LogP contribution >= 0.6 is 15.9 Å². The zero-order valence-corrected chi connectivity index (χ0v) is 12.0. The highest BCUT2D eigenvalue weighted by Gasteiger charge is 2.21. The van der Waals surface area contributed by atoms with Crippen LogP contribution in [0.5, 0.6) is 0 Å². The number of halogens is 2. The van der Waals surface area contributed by atoms with Crippen LogP contribution in [0.15, 0.2) is 40.9 Å². The van der Waals surface area contributed by atoms with Crippen molar-refractivity contribution in [3.63, 3.8) is 0 Å². The van der Waals surface area contributed by atoms with E-state index in [9.17, 15) is 4.39 Å². The van der Waals surface area contributed by atoms with E-state index in [0.717, 1.165) is 28.8 Å². The van der Waals surface area contributed by atoms with E-state index in [1.807, 2.05) is 12.1 Å². The highest BCUT2D eigenvalue weighted by Crippen LogP contribution is 2.30. The van der Waals surface area contributed by atoms with Crippen LogP contribution in [0.4, 0.5) is 10.1 Å². The second-order valence-corrected chi connectivity index (χ2v) is 5.72. The van der Waals surface area contributed by atoms with Crippen molar-refractivity contribution in [1.82, 2.24) is 4.90 Å². The van der Waals surface area contributed by atoms with Crippen LogP contribution in [-0.4, -0.2) is 4.90 Å². The van der Waals surface area contributed by atoms with Gasteiger partial charge in [0.25, 0.3) is 0 Å². The monoisotopic (exact) mass is 320 g/mol. The molecular weight excluding hydrogens is 307 g/mol. The number of benzene rings is 2. The molecule has 1 aliphatic heterocycles. The van der Waals surface area contributed by atoms with E-state index in [1.165, 1.54) is 17.2 Å². The maximum Gasteiger partial charge on any atom is 0.123 e. The van der Waals surface area contributed by atoms with Gasteiger partial charge in [0.2, 0.25) is 0 Å². The number of hydrogen-bond donors (Lipinski definition) is 1. The van der Waals surface area contributed by atoms with Crippen molar-refractivity contribution < 1.29 is 4.39 Å². The van der Waals surface area contributed by atoms with Crippen molar-refractivity contribution in [2.45, 2.75) is 19.6 Å². The molecule has 3 rings (SSSR count). The van der Waals surface area contributed by atoms with Gasteiger partial charge in [-0.05, 0) is 41.0 Å². The minimum Gasteiger partial charge on any atom is -0.398 e. The highest BCUT2D eigenvalue weighted by atomic mass is 79.9. The summed E-state index contributed by atoms with van der Waals surface area (Å²) in [6, 6.07) is 10.8. The Morgan fingerprint density at radius 1 is 1.21 bits per heavy atom. The zero-order chi connectivity index (χ0) is 13.4. The summed E-state index contributed by atoms with van der Waals surface area (Å²) in [5, 5.41) is 0. The van der Waals surface area contributed by atoms with Crippen LogP contribution in [-0.2, 0) is 19.6 Å². The third kappa shape index (κ3) is 2.51. The van der Waals surface area contributed by atoms with Crippen LogP contribution in [0, 0.1) is 5.82 Å². The zero-order valence-electron chi connectivity index (χ0n) is 10.4. The van der Waals surface area contributed by atoms with E-state index in [1.54, 1.807) is 12.1 Å². The van der Waals surface area contributed by atoms with Gasteiger partial charge in [0.05, 0.1) is 0 Å². The van der Waals surface area contributed by atoms with Crippen LogP contribution < -0.4 is 5.73 Å². The Labute approximate surface area is 120 Å². The molecule has 0 unspecified atom stereocenters. The summed E-state index contributed by atoms with van der Waals surface area (Å²) < 4.78 is 14.2. The molecule has 0 aliphatic carbocycles.